The SMILES string of the molecule is CCn1cc(-c2cc(C(F)F)nc3sc(C(N)=O)c(NC(=O)Cn4nc([N+](=O)[O-])c(Br)c4C)c23)c(C)n1. The molecule has 194 valence electrons. The van der Waals surface area contributed by atoms with Crippen LogP contribution in [0.3, 0.4) is 0 Å². The topological polar surface area (TPSA) is 164 Å². The Balaban J connectivity index is 1.86. The van der Waals surface area contributed by atoms with Crippen LogP contribution in [0, 0.1) is 24.0 Å². The highest BCUT2D eigenvalue weighted by molar-refractivity contribution is 9.10. The number of carbonyl (C=O) groups excluding carboxylic acids is 2. The normalized spacial score (nSPS) is 11.4. The zero-order chi connectivity index (χ0) is 27.2. The fraction of sp³-hybridized carbons (Fsp3) is 0.286. The summed E-state index contributed by atoms with van der Waals surface area (Å²) in [6.07, 6.45) is -1.21. The number of nitrogens with two attached hydrogens (primary N) is 1. The third kappa shape index (κ3) is 4.81. The molecule has 37 heavy (non-hydrogen) atoms. The molecule has 0 aliphatic carbocycles. The van der Waals surface area contributed by atoms with E-state index in [-0.39, 0.29) is 25.3 Å². The van der Waals surface area contributed by atoms with Crippen LogP contribution in [0.2, 0.25) is 0 Å². The molecule has 0 spiro atoms. The van der Waals surface area contributed by atoms with Gasteiger partial charge in [0.25, 0.3) is 12.3 Å². The molecular weight excluding hydrogens is 578 g/mol. The molecule has 2 amide bonds. The van der Waals surface area contributed by atoms with Crippen LogP contribution in [0.5, 0.6) is 0 Å². The second kappa shape index (κ2) is 9.93. The first-order valence-corrected chi connectivity index (χ1v) is 12.3. The van der Waals surface area contributed by atoms with Gasteiger partial charge >= 0.3 is 5.82 Å². The van der Waals surface area contributed by atoms with Gasteiger partial charge in [-0.15, -0.1) is 11.3 Å². The minimum atomic E-state index is -2.89. The summed E-state index contributed by atoms with van der Waals surface area (Å²) in [6.45, 7) is 5.21. The number of nitro groups is 1. The number of amides is 2. The van der Waals surface area contributed by atoms with E-state index in [4.69, 9.17) is 5.73 Å². The van der Waals surface area contributed by atoms with Gasteiger partial charge in [-0.25, -0.2) is 13.8 Å². The van der Waals surface area contributed by atoms with E-state index >= 15 is 0 Å². The Morgan fingerprint density at radius 1 is 1.30 bits per heavy atom. The Labute approximate surface area is 219 Å². The fourth-order valence-corrected chi connectivity index (χ4v) is 5.22. The zero-order valence-electron chi connectivity index (χ0n) is 19.6. The van der Waals surface area contributed by atoms with Crippen LogP contribution in [0.25, 0.3) is 21.3 Å². The standard InChI is InChI=1S/C21H19BrF2N8O4S/c1-4-30-6-11(8(2)28-30)10-5-12(18(23)24)26-21-14(10)16(17(37-21)19(25)34)27-13(33)7-31-9(3)15(22)20(29-31)32(35)36/h5-6,18H,4,7H2,1-3H3,(H2,25,34)(H,27,33). The van der Waals surface area contributed by atoms with E-state index in [1.807, 2.05) is 6.92 Å². The van der Waals surface area contributed by atoms with Crippen LogP contribution in [0.4, 0.5) is 20.3 Å². The molecule has 4 heterocycles. The maximum atomic E-state index is 13.7. The summed E-state index contributed by atoms with van der Waals surface area (Å²) in [7, 11) is 0. The molecule has 0 aliphatic rings. The van der Waals surface area contributed by atoms with E-state index in [0.717, 1.165) is 16.0 Å². The van der Waals surface area contributed by atoms with Gasteiger partial charge in [0, 0.05) is 23.7 Å². The number of anilines is 1. The predicted octanol–water partition coefficient (Wildman–Crippen LogP) is 4.34. The smallest absolute Gasteiger partial charge is 0.365 e. The molecule has 12 nitrogen and oxygen atoms in total. The number of hydrogen-bond donors (Lipinski definition) is 2. The number of aromatic nitrogens is 5. The van der Waals surface area contributed by atoms with E-state index in [0.29, 0.717) is 29.1 Å². The van der Waals surface area contributed by atoms with Crippen LogP contribution in [-0.2, 0) is 17.9 Å². The summed E-state index contributed by atoms with van der Waals surface area (Å²) in [4.78, 5) is 39.8. The summed E-state index contributed by atoms with van der Waals surface area (Å²) < 4.78 is 30.3. The van der Waals surface area contributed by atoms with E-state index in [1.54, 1.807) is 17.8 Å². The molecule has 4 aromatic heterocycles. The van der Waals surface area contributed by atoms with E-state index in [1.165, 1.54) is 13.0 Å². The van der Waals surface area contributed by atoms with Crippen molar-refractivity contribution >= 4 is 60.8 Å². The number of nitrogens with zero attached hydrogens (tertiary/aromatic N) is 6. The van der Waals surface area contributed by atoms with Gasteiger partial charge in [0.1, 0.15) is 26.4 Å². The highest BCUT2D eigenvalue weighted by atomic mass is 79.9. The van der Waals surface area contributed by atoms with Gasteiger partial charge in [0.15, 0.2) is 0 Å². The second-order valence-electron chi connectivity index (χ2n) is 7.92. The lowest BCUT2D eigenvalue weighted by molar-refractivity contribution is -0.390. The van der Waals surface area contributed by atoms with Gasteiger partial charge in [-0.3, -0.25) is 14.3 Å². The number of rotatable bonds is 8. The Bertz CT molecular complexity index is 1580. The molecule has 0 radical (unpaired) electrons. The molecule has 0 fully saturated rings. The number of alkyl halides is 2. The number of aryl methyl sites for hydroxylation is 2. The first-order chi connectivity index (χ1) is 17.4. The maximum Gasteiger partial charge on any atom is 0.404 e. The van der Waals surface area contributed by atoms with E-state index < -0.39 is 41.2 Å². The highest BCUT2D eigenvalue weighted by Gasteiger charge is 2.28. The first-order valence-electron chi connectivity index (χ1n) is 10.7. The average Bonchev–Trinajstić information content (AvgIpc) is 3.48. The molecule has 0 saturated carbocycles. The van der Waals surface area contributed by atoms with Crippen LogP contribution in [-0.4, -0.2) is 41.3 Å². The molecule has 0 unspecified atom stereocenters. The molecule has 16 heteroatoms. The minimum Gasteiger partial charge on any atom is -0.365 e. The third-order valence-electron chi connectivity index (χ3n) is 5.54. The van der Waals surface area contributed by atoms with Crippen molar-refractivity contribution in [3.63, 3.8) is 0 Å². The summed E-state index contributed by atoms with van der Waals surface area (Å²) in [6, 6.07) is 1.20. The maximum absolute atomic E-state index is 13.7. The Kier molecular flexibility index (Phi) is 7.05. The molecular formula is C21H19BrF2N8O4S. The molecule has 0 aromatic carbocycles. The summed E-state index contributed by atoms with van der Waals surface area (Å²) >= 11 is 3.86. The van der Waals surface area contributed by atoms with Crippen molar-refractivity contribution in [3.8, 4) is 11.1 Å². The van der Waals surface area contributed by atoms with Crippen molar-refractivity contribution in [1.29, 1.82) is 0 Å². The number of nitrogens with one attached hydrogen (secondary N) is 1. The van der Waals surface area contributed by atoms with E-state index in [2.05, 4.69) is 36.4 Å². The van der Waals surface area contributed by atoms with Crippen LogP contribution in [0.15, 0.2) is 16.7 Å². The quantitative estimate of drug-likeness (QED) is 0.225. The number of hydrogen-bond acceptors (Lipinski definition) is 8. The molecule has 0 aliphatic heterocycles. The van der Waals surface area contributed by atoms with Crippen molar-refractivity contribution in [2.24, 2.45) is 5.73 Å². The van der Waals surface area contributed by atoms with Crippen LogP contribution >= 0.6 is 27.3 Å². The number of primary amides is 1. The lowest BCUT2D eigenvalue weighted by Crippen LogP contribution is -2.22. The summed E-state index contributed by atoms with van der Waals surface area (Å²) in [5.74, 6) is -2.03. The second-order valence-corrected chi connectivity index (χ2v) is 9.71. The van der Waals surface area contributed by atoms with Gasteiger partial charge in [0.2, 0.25) is 5.91 Å². The Hall–Kier alpha value is -3.79. The largest absolute Gasteiger partial charge is 0.404 e. The van der Waals surface area contributed by atoms with Gasteiger partial charge in [0.05, 0.1) is 22.2 Å². The van der Waals surface area contributed by atoms with Gasteiger partial charge < -0.3 is 21.2 Å². The van der Waals surface area contributed by atoms with Crippen molar-refractivity contribution in [2.45, 2.75) is 40.3 Å². The lowest BCUT2D eigenvalue weighted by Gasteiger charge is -2.10. The zero-order valence-corrected chi connectivity index (χ0v) is 22.0. The monoisotopic (exact) mass is 596 g/mol. The lowest BCUT2D eigenvalue weighted by atomic mass is 10.0. The van der Waals surface area contributed by atoms with Crippen molar-refractivity contribution in [3.05, 3.63) is 48.8 Å². The molecule has 0 atom stereocenters. The number of pyridine rings is 1. The predicted molar refractivity (Wildman–Crippen MR) is 135 cm³/mol. The molecule has 4 aromatic rings. The number of thiophene rings is 1. The van der Waals surface area contributed by atoms with Gasteiger partial charge in [-0.1, -0.05) is 0 Å². The molecule has 3 N–H and O–H groups in total. The number of carbonyl (C=O) groups is 2. The average molecular weight is 597 g/mol. The van der Waals surface area contributed by atoms with Crippen molar-refractivity contribution < 1.29 is 23.3 Å². The Morgan fingerprint density at radius 2 is 2.00 bits per heavy atom. The fourth-order valence-electron chi connectivity index (χ4n) is 3.77. The van der Waals surface area contributed by atoms with Crippen molar-refractivity contribution in [2.75, 3.05) is 5.32 Å². The van der Waals surface area contributed by atoms with Gasteiger partial charge in [-0.05, 0) is 53.3 Å². The molecule has 4 rings (SSSR count). The minimum absolute atomic E-state index is 0.00263. The van der Waals surface area contributed by atoms with E-state index in [9.17, 15) is 28.5 Å². The van der Waals surface area contributed by atoms with Crippen LogP contribution in [0.1, 0.15) is 40.1 Å². The summed E-state index contributed by atoms with van der Waals surface area (Å²) in [5.41, 5.74) is 6.74. The third-order valence-corrected chi connectivity index (χ3v) is 7.56. The number of halogens is 3. The summed E-state index contributed by atoms with van der Waals surface area (Å²) in [5, 5.41) is 22.2. The first kappa shape index (κ1) is 26.3. The van der Waals surface area contributed by atoms with Crippen molar-refractivity contribution in [1.82, 2.24) is 24.5 Å². The number of fused-ring (bicyclic) bond motifs is 1. The van der Waals surface area contributed by atoms with Gasteiger partial charge in [-0.2, -0.15) is 9.78 Å². The molecule has 0 saturated heterocycles. The van der Waals surface area contributed by atoms with Crippen LogP contribution < -0.4 is 11.1 Å². The Morgan fingerprint density at radius 3 is 2.54 bits per heavy atom. The highest BCUT2D eigenvalue weighted by Crippen LogP contribution is 2.43. The molecule has 0 bridgehead atoms.